The van der Waals surface area contributed by atoms with Gasteiger partial charge in [-0.05, 0) is 25.9 Å². The average molecular weight is 147 g/mol. The molecule has 1 aliphatic rings. The molecule has 1 aliphatic heterocycles. The molecule has 1 rings (SSSR count). The van der Waals surface area contributed by atoms with Crippen molar-refractivity contribution < 1.29 is 4.39 Å². The lowest BCUT2D eigenvalue weighted by Crippen LogP contribution is -2.28. The van der Waals surface area contributed by atoms with Crippen LogP contribution in [0.1, 0.15) is 33.1 Å². The fourth-order valence-electron chi connectivity index (χ4n) is 0.787. The highest BCUT2D eigenvalue weighted by Crippen LogP contribution is 2.04. The zero-order chi connectivity index (χ0) is 7.82. The predicted molar refractivity (Wildman–Crippen MR) is 43.0 cm³/mol. The second-order valence-corrected chi connectivity index (χ2v) is 2.63. The van der Waals surface area contributed by atoms with Crippen LogP contribution in [0, 0.1) is 0 Å². The van der Waals surface area contributed by atoms with Gasteiger partial charge in [-0.1, -0.05) is 20.3 Å². The number of rotatable bonds is 0. The van der Waals surface area contributed by atoms with Gasteiger partial charge in [0.2, 0.25) is 0 Å². The minimum atomic E-state index is -0.527. The second-order valence-electron chi connectivity index (χ2n) is 2.63. The number of hydrogen-bond donors (Lipinski definition) is 1. The molecule has 1 heterocycles. The largest absolute Gasteiger partial charge is 0.317 e. The van der Waals surface area contributed by atoms with Crippen molar-refractivity contribution >= 4 is 0 Å². The average Bonchev–Trinajstić information content (AvgIpc) is 1.91. The summed E-state index contributed by atoms with van der Waals surface area (Å²) in [4.78, 5) is 0. The van der Waals surface area contributed by atoms with Crippen LogP contribution in [-0.2, 0) is 0 Å². The van der Waals surface area contributed by atoms with Crippen molar-refractivity contribution in [2.24, 2.45) is 0 Å². The van der Waals surface area contributed by atoms with Gasteiger partial charge in [0.1, 0.15) is 6.17 Å². The van der Waals surface area contributed by atoms with E-state index < -0.39 is 6.17 Å². The Hall–Kier alpha value is -0.110. The van der Waals surface area contributed by atoms with Crippen molar-refractivity contribution in [3.05, 3.63) is 0 Å². The molecule has 0 spiro atoms. The van der Waals surface area contributed by atoms with E-state index in [1.165, 1.54) is 6.42 Å². The molecule has 0 saturated carbocycles. The van der Waals surface area contributed by atoms with Crippen LogP contribution >= 0.6 is 0 Å². The molecule has 1 nitrogen and oxygen atoms in total. The molecule has 0 unspecified atom stereocenters. The Labute approximate surface area is 63.0 Å². The van der Waals surface area contributed by atoms with Gasteiger partial charge in [-0.15, -0.1) is 0 Å². The lowest BCUT2D eigenvalue weighted by atomic mass is 10.1. The normalized spacial score (nSPS) is 19.5. The maximum atomic E-state index is 12.1. The number of nitrogens with one attached hydrogen (secondary N) is 1. The summed E-state index contributed by atoms with van der Waals surface area (Å²) in [6.07, 6.45) is 2.14. The standard InChI is InChI=1S/C5H10FN.C3H8/c6-5-1-3-7-4-2-5;1-3-2/h5,7H,1-4H2;3H2,1-2H3. The predicted octanol–water partition coefficient (Wildman–Crippen LogP) is 2.12. The fraction of sp³-hybridized carbons (Fsp3) is 1.00. The van der Waals surface area contributed by atoms with Crippen molar-refractivity contribution in [3.63, 3.8) is 0 Å². The fourth-order valence-corrected chi connectivity index (χ4v) is 0.787. The Balaban J connectivity index is 0.000000236. The van der Waals surface area contributed by atoms with E-state index >= 15 is 0 Å². The smallest absolute Gasteiger partial charge is 0.103 e. The van der Waals surface area contributed by atoms with E-state index in [1.807, 2.05) is 0 Å². The van der Waals surface area contributed by atoms with Crippen LogP contribution in [0.3, 0.4) is 0 Å². The van der Waals surface area contributed by atoms with Crippen LogP contribution in [0.4, 0.5) is 4.39 Å². The summed E-state index contributed by atoms with van der Waals surface area (Å²) in [5.41, 5.74) is 0. The van der Waals surface area contributed by atoms with E-state index in [0.717, 1.165) is 13.1 Å². The zero-order valence-corrected chi connectivity index (χ0v) is 6.99. The molecule has 0 bridgehead atoms. The Morgan fingerprint density at radius 2 is 1.70 bits per heavy atom. The second kappa shape index (κ2) is 7.00. The number of hydrogen-bond acceptors (Lipinski definition) is 1. The lowest BCUT2D eigenvalue weighted by molar-refractivity contribution is 0.262. The van der Waals surface area contributed by atoms with E-state index in [0.29, 0.717) is 12.8 Å². The highest BCUT2D eigenvalue weighted by atomic mass is 19.1. The van der Waals surface area contributed by atoms with Crippen molar-refractivity contribution in [3.8, 4) is 0 Å². The molecule has 0 radical (unpaired) electrons. The van der Waals surface area contributed by atoms with Gasteiger partial charge in [0.25, 0.3) is 0 Å². The third-order valence-electron chi connectivity index (χ3n) is 1.27. The summed E-state index contributed by atoms with van der Waals surface area (Å²) in [7, 11) is 0. The van der Waals surface area contributed by atoms with Gasteiger partial charge in [-0.3, -0.25) is 0 Å². The number of alkyl halides is 1. The van der Waals surface area contributed by atoms with Crippen LogP contribution in [0.25, 0.3) is 0 Å². The maximum absolute atomic E-state index is 12.1. The molecule has 0 atom stereocenters. The van der Waals surface area contributed by atoms with Gasteiger partial charge >= 0.3 is 0 Å². The minimum Gasteiger partial charge on any atom is -0.317 e. The van der Waals surface area contributed by atoms with Crippen LogP contribution in [0.2, 0.25) is 0 Å². The first kappa shape index (κ1) is 9.89. The highest BCUT2D eigenvalue weighted by Gasteiger charge is 2.09. The first-order chi connectivity index (χ1) is 4.81. The zero-order valence-electron chi connectivity index (χ0n) is 6.99. The first-order valence-electron chi connectivity index (χ1n) is 4.16. The molecule has 2 heteroatoms. The SMILES string of the molecule is CCC.FC1CCNCC1. The van der Waals surface area contributed by atoms with Gasteiger partial charge in [-0.2, -0.15) is 0 Å². The monoisotopic (exact) mass is 147 g/mol. The lowest BCUT2D eigenvalue weighted by Gasteiger charge is -2.14. The summed E-state index contributed by atoms with van der Waals surface area (Å²) in [5.74, 6) is 0. The molecular formula is C8H18FN. The van der Waals surface area contributed by atoms with Gasteiger partial charge < -0.3 is 5.32 Å². The first-order valence-corrected chi connectivity index (χ1v) is 4.16. The van der Waals surface area contributed by atoms with Gasteiger partial charge in [0, 0.05) is 0 Å². The number of piperidine rings is 1. The van der Waals surface area contributed by atoms with Crippen LogP contribution in [-0.4, -0.2) is 19.3 Å². The van der Waals surface area contributed by atoms with E-state index in [1.54, 1.807) is 0 Å². The van der Waals surface area contributed by atoms with E-state index in [-0.39, 0.29) is 0 Å². The summed E-state index contributed by atoms with van der Waals surface area (Å²) in [5, 5.41) is 3.08. The Kier molecular flexibility index (Phi) is 6.93. The minimum absolute atomic E-state index is 0.527. The summed E-state index contributed by atoms with van der Waals surface area (Å²) >= 11 is 0. The molecule has 0 aromatic rings. The summed E-state index contributed by atoms with van der Waals surface area (Å²) in [6, 6.07) is 0. The molecule has 0 aromatic heterocycles. The molecule has 0 aromatic carbocycles. The quantitative estimate of drug-likeness (QED) is 0.553. The molecule has 1 fully saturated rings. The van der Waals surface area contributed by atoms with E-state index in [2.05, 4.69) is 19.2 Å². The van der Waals surface area contributed by atoms with Gasteiger partial charge in [-0.25, -0.2) is 4.39 Å². The van der Waals surface area contributed by atoms with Crippen molar-refractivity contribution in [1.29, 1.82) is 0 Å². The van der Waals surface area contributed by atoms with E-state index in [4.69, 9.17) is 0 Å². The van der Waals surface area contributed by atoms with Crippen molar-refractivity contribution in [1.82, 2.24) is 5.32 Å². The molecule has 10 heavy (non-hydrogen) atoms. The Morgan fingerprint density at radius 1 is 1.30 bits per heavy atom. The Morgan fingerprint density at radius 3 is 1.90 bits per heavy atom. The van der Waals surface area contributed by atoms with Gasteiger partial charge in [0.05, 0.1) is 0 Å². The topological polar surface area (TPSA) is 12.0 Å². The van der Waals surface area contributed by atoms with Crippen LogP contribution < -0.4 is 5.32 Å². The third kappa shape index (κ3) is 6.02. The molecule has 0 aliphatic carbocycles. The summed E-state index contributed by atoms with van der Waals surface area (Å²) in [6.45, 7) is 5.97. The van der Waals surface area contributed by atoms with Crippen molar-refractivity contribution in [2.75, 3.05) is 13.1 Å². The maximum Gasteiger partial charge on any atom is 0.103 e. The molecule has 1 N–H and O–H groups in total. The van der Waals surface area contributed by atoms with Crippen molar-refractivity contribution in [2.45, 2.75) is 39.3 Å². The highest BCUT2D eigenvalue weighted by molar-refractivity contribution is 4.65. The van der Waals surface area contributed by atoms with Gasteiger partial charge in [0.15, 0.2) is 0 Å². The Bertz CT molecular complexity index is 60.3. The molecule has 1 saturated heterocycles. The molecule has 62 valence electrons. The third-order valence-corrected chi connectivity index (χ3v) is 1.27. The molecular weight excluding hydrogens is 129 g/mol. The van der Waals surface area contributed by atoms with Crippen LogP contribution in [0.5, 0.6) is 0 Å². The van der Waals surface area contributed by atoms with Crippen LogP contribution in [0.15, 0.2) is 0 Å². The summed E-state index contributed by atoms with van der Waals surface area (Å²) < 4.78 is 12.1. The number of halogens is 1. The molecule has 0 amide bonds. The van der Waals surface area contributed by atoms with E-state index in [9.17, 15) is 4.39 Å².